The molecule has 1 aromatic rings. The van der Waals surface area contributed by atoms with Crippen LogP contribution >= 0.6 is 0 Å². The zero-order chi connectivity index (χ0) is 15.8. The van der Waals surface area contributed by atoms with E-state index in [-0.39, 0.29) is 12.1 Å². The third-order valence-electron chi connectivity index (χ3n) is 2.92. The van der Waals surface area contributed by atoms with Crippen LogP contribution in [0.1, 0.15) is 5.56 Å². The molecule has 0 fully saturated rings. The Hall–Kier alpha value is -1.81. The highest BCUT2D eigenvalue weighted by molar-refractivity contribution is 7.91. The molecule has 0 spiro atoms. The Balaban J connectivity index is 2.36. The zero-order valence-corrected chi connectivity index (χ0v) is 11.3. The van der Waals surface area contributed by atoms with E-state index in [1.807, 2.05) is 0 Å². The van der Waals surface area contributed by atoms with Gasteiger partial charge in [-0.1, -0.05) is 18.2 Å². The van der Waals surface area contributed by atoms with Crippen LogP contribution in [-0.4, -0.2) is 38.3 Å². The highest BCUT2D eigenvalue weighted by atomic mass is 32.2. The summed E-state index contributed by atoms with van der Waals surface area (Å²) in [5, 5.41) is 9.09. The molecule has 0 radical (unpaired) electrons. The molecule has 2 rings (SSSR count). The lowest BCUT2D eigenvalue weighted by Crippen LogP contribution is -2.50. The first-order chi connectivity index (χ1) is 9.62. The van der Waals surface area contributed by atoms with Crippen LogP contribution in [0.2, 0.25) is 0 Å². The molecule has 21 heavy (non-hydrogen) atoms. The number of alkyl halides is 3. The number of carboxylic acids is 1. The van der Waals surface area contributed by atoms with Gasteiger partial charge in [0, 0.05) is 6.42 Å². The number of fused-ring (bicyclic) bond motifs is 1. The first-order valence-electron chi connectivity index (χ1n) is 5.78. The Kier molecular flexibility index (Phi) is 3.85. The molecule has 1 aliphatic heterocycles. The van der Waals surface area contributed by atoms with E-state index in [9.17, 15) is 26.4 Å². The van der Waals surface area contributed by atoms with Gasteiger partial charge in [0.1, 0.15) is 12.6 Å². The number of hydrogen-bond donors (Lipinski definition) is 2. The molecular weight excluding hydrogens is 313 g/mol. The molecule has 6 nitrogen and oxygen atoms in total. The molecule has 1 heterocycles. The Morgan fingerprint density at radius 1 is 1.38 bits per heavy atom. The molecule has 0 unspecified atom stereocenters. The van der Waals surface area contributed by atoms with Crippen LogP contribution in [0, 0.1) is 0 Å². The SMILES string of the molecule is O=C(O)[C@@H]1Cc2ccccc2N1S(=O)(=O)NCC(F)(F)F. The van der Waals surface area contributed by atoms with Gasteiger partial charge in [0.25, 0.3) is 0 Å². The second-order valence-electron chi connectivity index (χ2n) is 4.42. The number of benzene rings is 1. The number of carbonyl (C=O) groups is 1. The summed E-state index contributed by atoms with van der Waals surface area (Å²) in [6.45, 7) is -1.76. The predicted molar refractivity (Wildman–Crippen MR) is 67.0 cm³/mol. The third-order valence-corrected chi connectivity index (χ3v) is 4.40. The van der Waals surface area contributed by atoms with Crippen molar-refractivity contribution in [2.45, 2.75) is 18.6 Å². The molecule has 10 heteroatoms. The van der Waals surface area contributed by atoms with Crippen LogP contribution in [-0.2, 0) is 21.4 Å². The van der Waals surface area contributed by atoms with Gasteiger partial charge in [-0.25, -0.2) is 9.10 Å². The van der Waals surface area contributed by atoms with Crippen molar-refractivity contribution >= 4 is 21.9 Å². The van der Waals surface area contributed by atoms with E-state index in [2.05, 4.69) is 0 Å². The molecule has 1 aliphatic rings. The smallest absolute Gasteiger partial charge is 0.402 e. The fraction of sp³-hybridized carbons (Fsp3) is 0.364. The predicted octanol–water partition coefficient (Wildman–Crippen LogP) is 0.899. The van der Waals surface area contributed by atoms with Gasteiger partial charge in [0.2, 0.25) is 0 Å². The van der Waals surface area contributed by atoms with Crippen LogP contribution in [0.5, 0.6) is 0 Å². The molecule has 0 saturated carbocycles. The third kappa shape index (κ3) is 3.27. The van der Waals surface area contributed by atoms with E-state index in [0.29, 0.717) is 9.87 Å². The first-order valence-corrected chi connectivity index (χ1v) is 7.22. The van der Waals surface area contributed by atoms with E-state index in [1.54, 1.807) is 6.07 Å². The summed E-state index contributed by atoms with van der Waals surface area (Å²) < 4.78 is 62.4. The number of hydrogen-bond acceptors (Lipinski definition) is 3. The number of anilines is 1. The lowest BCUT2D eigenvalue weighted by Gasteiger charge is -2.24. The summed E-state index contributed by atoms with van der Waals surface area (Å²) in [4.78, 5) is 11.2. The van der Waals surface area contributed by atoms with Gasteiger partial charge in [-0.2, -0.15) is 26.3 Å². The fourth-order valence-electron chi connectivity index (χ4n) is 2.08. The van der Waals surface area contributed by atoms with Gasteiger partial charge in [0.05, 0.1) is 5.69 Å². The Labute approximate surface area is 118 Å². The number of para-hydroxylation sites is 1. The monoisotopic (exact) mass is 324 g/mol. The number of nitrogens with one attached hydrogen (secondary N) is 1. The molecule has 1 aromatic carbocycles. The quantitative estimate of drug-likeness (QED) is 0.861. The van der Waals surface area contributed by atoms with E-state index >= 15 is 0 Å². The van der Waals surface area contributed by atoms with Gasteiger partial charge in [0.15, 0.2) is 0 Å². The first kappa shape index (κ1) is 15.6. The number of carboxylic acid groups (broad SMARTS) is 1. The Bertz CT molecular complexity index is 660. The van der Waals surface area contributed by atoms with Gasteiger partial charge >= 0.3 is 22.4 Å². The summed E-state index contributed by atoms with van der Waals surface area (Å²) in [6.07, 6.45) is -4.83. The number of rotatable bonds is 4. The normalized spacial score (nSPS) is 18.6. The van der Waals surface area contributed by atoms with E-state index in [4.69, 9.17) is 5.11 Å². The van der Waals surface area contributed by atoms with Crippen LogP contribution < -0.4 is 9.03 Å². The maximum Gasteiger partial charge on any atom is 0.402 e. The van der Waals surface area contributed by atoms with Crippen molar-refractivity contribution in [3.8, 4) is 0 Å². The van der Waals surface area contributed by atoms with Crippen LogP contribution in [0.15, 0.2) is 24.3 Å². The van der Waals surface area contributed by atoms with Crippen molar-refractivity contribution < 1.29 is 31.5 Å². The van der Waals surface area contributed by atoms with Gasteiger partial charge in [-0.05, 0) is 11.6 Å². The standard InChI is InChI=1S/C11H11F3N2O4S/c12-11(13,14)6-15-21(19,20)16-8-4-2-1-3-7(8)5-9(16)10(17)18/h1-4,9,15H,5-6H2,(H,17,18)/t9-/m0/s1. The minimum absolute atomic E-state index is 0.0691. The highest BCUT2D eigenvalue weighted by Crippen LogP contribution is 2.34. The number of nitrogens with zero attached hydrogens (tertiary/aromatic N) is 1. The Morgan fingerprint density at radius 3 is 2.57 bits per heavy atom. The molecule has 0 saturated heterocycles. The fourth-order valence-corrected chi connectivity index (χ4v) is 3.51. The summed E-state index contributed by atoms with van der Waals surface area (Å²) >= 11 is 0. The second-order valence-corrected chi connectivity index (χ2v) is 6.06. The maximum atomic E-state index is 12.2. The molecule has 0 aromatic heterocycles. The lowest BCUT2D eigenvalue weighted by molar-refractivity contribution is -0.138. The largest absolute Gasteiger partial charge is 0.480 e. The second kappa shape index (κ2) is 5.19. The summed E-state index contributed by atoms with van der Waals surface area (Å²) in [5.74, 6) is -1.43. The maximum absolute atomic E-state index is 12.2. The minimum Gasteiger partial charge on any atom is -0.480 e. The summed E-state index contributed by atoms with van der Waals surface area (Å²) in [5.41, 5.74) is 0.516. The van der Waals surface area contributed by atoms with Crippen molar-refractivity contribution in [2.75, 3.05) is 10.8 Å². The van der Waals surface area contributed by atoms with Crippen LogP contribution in [0.3, 0.4) is 0 Å². The van der Waals surface area contributed by atoms with E-state index in [1.165, 1.54) is 22.9 Å². The Morgan fingerprint density at radius 2 is 2.00 bits per heavy atom. The van der Waals surface area contributed by atoms with Crippen molar-refractivity contribution in [1.29, 1.82) is 0 Å². The molecule has 1 atom stereocenters. The highest BCUT2D eigenvalue weighted by Gasteiger charge is 2.42. The topological polar surface area (TPSA) is 86.7 Å². The zero-order valence-electron chi connectivity index (χ0n) is 10.5. The van der Waals surface area contributed by atoms with E-state index < -0.39 is 34.9 Å². The molecule has 0 bridgehead atoms. The molecule has 0 amide bonds. The molecule has 2 N–H and O–H groups in total. The number of halogens is 3. The minimum atomic E-state index is -4.73. The van der Waals surface area contributed by atoms with E-state index in [0.717, 1.165) is 0 Å². The molecule has 0 aliphatic carbocycles. The van der Waals surface area contributed by atoms with Crippen molar-refractivity contribution in [1.82, 2.24) is 4.72 Å². The molecule has 116 valence electrons. The van der Waals surface area contributed by atoms with Crippen molar-refractivity contribution in [3.05, 3.63) is 29.8 Å². The van der Waals surface area contributed by atoms with Gasteiger partial charge in [-0.15, -0.1) is 0 Å². The van der Waals surface area contributed by atoms with Gasteiger partial charge < -0.3 is 5.11 Å². The average Bonchev–Trinajstić information content (AvgIpc) is 2.76. The lowest BCUT2D eigenvalue weighted by atomic mass is 10.1. The van der Waals surface area contributed by atoms with Crippen molar-refractivity contribution in [3.63, 3.8) is 0 Å². The molecular formula is C11H11F3N2O4S. The average molecular weight is 324 g/mol. The van der Waals surface area contributed by atoms with Gasteiger partial charge in [-0.3, -0.25) is 0 Å². The summed E-state index contributed by atoms with van der Waals surface area (Å²) in [6, 6.07) is 4.50. The van der Waals surface area contributed by atoms with Crippen LogP contribution in [0.4, 0.5) is 18.9 Å². The summed E-state index contributed by atoms with van der Waals surface area (Å²) in [7, 11) is -4.62. The number of aliphatic carboxylic acids is 1. The van der Waals surface area contributed by atoms with Crippen LogP contribution in [0.25, 0.3) is 0 Å². The van der Waals surface area contributed by atoms with Crippen molar-refractivity contribution in [2.24, 2.45) is 0 Å².